The quantitative estimate of drug-likeness (QED) is 0.0166. The Morgan fingerprint density at radius 1 is 0.398 bits per heavy atom. The molecule has 3 rings (SSSR count). The van der Waals surface area contributed by atoms with E-state index in [-0.39, 0.29) is 178 Å². The van der Waals surface area contributed by atoms with Gasteiger partial charge in [0.15, 0.2) is 29.8 Å². The van der Waals surface area contributed by atoms with Crippen LogP contribution in [0.25, 0.3) is 0 Å². The number of phenolic OH excluding ortho intramolecular Hbond substituents is 1. The topological polar surface area (TPSA) is 780 Å². The number of aromatic hydroxyl groups is 1. The second-order valence-electron chi connectivity index (χ2n) is 32.4. The summed E-state index contributed by atoms with van der Waals surface area (Å²) in [5, 5.41) is 96.2. The van der Waals surface area contributed by atoms with Gasteiger partial charge in [-0.3, -0.25) is 94.2 Å². The fourth-order valence-electron chi connectivity index (χ4n) is 13.6. The number of likely N-dealkylation sites (tertiary alicyclic amines) is 1. The van der Waals surface area contributed by atoms with E-state index in [4.69, 9.17) is 67.2 Å². The summed E-state index contributed by atoms with van der Waals surface area (Å²) < 4.78 is 0. The number of rotatable bonds is 61. The zero-order valence-electron chi connectivity index (χ0n) is 74.4. The first kappa shape index (κ1) is 109. The molecule has 1 fully saturated rings. The molecule has 0 spiro atoms. The minimum absolute atomic E-state index is 0.00228. The van der Waals surface area contributed by atoms with Gasteiger partial charge in [-0.1, -0.05) is 96.8 Å². The van der Waals surface area contributed by atoms with Crippen molar-refractivity contribution in [1.29, 1.82) is 27.0 Å². The summed E-state index contributed by atoms with van der Waals surface area (Å²) in [6, 6.07) is -0.406. The monoisotopic (exact) mass is 1800 g/mol. The molecule has 14 amide bonds. The summed E-state index contributed by atoms with van der Waals surface area (Å²) in [4.78, 5) is 201. The molecule has 46 heteroatoms. The van der Waals surface area contributed by atoms with Crippen molar-refractivity contribution in [2.45, 2.75) is 236 Å². The van der Waals surface area contributed by atoms with Crippen molar-refractivity contribution < 1.29 is 72.2 Å². The molecule has 0 aromatic heterocycles. The second kappa shape index (κ2) is 59.9. The van der Waals surface area contributed by atoms with Crippen LogP contribution in [-0.4, -0.2) is 261 Å². The number of hydrogen-bond acceptors (Lipinski definition) is 22. The SMILES string of the molecule is CC[C@H](C)[C@H](NC(=O)[C@H](CCCNC(=N)N)NC(=O)[C@H](CCCNC(=N)N)NC(=O)[C@H](CC(C)C)NC(=O)[C@H](Cc1ccccc1)NC(=O)CNC(=O)CNC(=O)[C@@H](N)Cc1ccc(O)cc1)C(=O)N[C@@H](CCCNC(=N)N)C(=O)N1CCC[C@H]1C(=O)N[C@@H](CCCNC(=N)N)C(=O)N[C@@H](CC(C)C)C(=O)N[C@@H](CCCNC(=N)N)C(=O)NCC(=O)NCCCCCN. The van der Waals surface area contributed by atoms with E-state index in [1.807, 2.05) is 0 Å². The van der Waals surface area contributed by atoms with Crippen LogP contribution in [0.5, 0.6) is 5.75 Å². The number of benzene rings is 2. The molecule has 1 aliphatic rings. The number of amides is 14. The standard InChI is InChI=1S/C82H141N31O15/c1-7-49(6)66(76(127)109-58(26-18-38-100-82(93)94)77(128)113-39-19-27-62(113)75(126)108-56(24-16-36-98-80(89)90)70(121)110-59(40-47(2)3)72(123)105-54(22-14-34-96-78(85)86)68(119)103-44-63(115)95-33-13-9-12-32-83)112-71(122)57(25-17-37-99-81(91)92)106-69(120)55(23-15-35-97-79(87)88)107-73(124)60(41-48(4)5)111-74(125)61(43-50-20-10-8-11-21-50)104-65(117)46-101-64(116)45-102-67(118)53(84)42-51-28-30-52(114)31-29-51/h8,10-11,20-21,28-31,47-49,53-62,66,114H,7,9,12-19,22-27,32-46,83-84H2,1-6H3,(H,95,115)(H,101,116)(H,102,118)(H,103,119)(H,104,117)(H,105,123)(H,106,120)(H,107,124)(H,108,126)(H,109,127)(H,110,121)(H,111,125)(H,112,122)(H4,85,86,96)(H4,87,88,97)(H4,89,90,98)(H4,91,92,99)(H4,93,94,100)/t49-,53-,54-,55-,56-,57-,58-,59-,60-,61-,62-,66-/m0/s1. The molecular formula is C82H141N31O15. The Morgan fingerprint density at radius 3 is 1.23 bits per heavy atom. The highest BCUT2D eigenvalue weighted by Crippen LogP contribution is 2.22. The molecule has 12 atom stereocenters. The summed E-state index contributed by atoms with van der Waals surface area (Å²) in [6.45, 7) is 9.95. The average molecular weight is 1800 g/mol. The lowest BCUT2D eigenvalue weighted by molar-refractivity contribution is -0.143. The highest BCUT2D eigenvalue weighted by Gasteiger charge is 2.42. The number of phenols is 1. The number of carbonyl (C=O) groups is 14. The first-order valence-electron chi connectivity index (χ1n) is 43.5. The maximum absolute atomic E-state index is 15.3. The Bertz CT molecular complexity index is 3980. The van der Waals surface area contributed by atoms with Crippen LogP contribution in [0.15, 0.2) is 54.6 Å². The van der Waals surface area contributed by atoms with Gasteiger partial charge in [0.25, 0.3) is 0 Å². The second-order valence-corrected chi connectivity index (χ2v) is 32.4. The number of nitrogens with zero attached hydrogens (tertiary/aromatic N) is 1. The molecule has 1 aliphatic heterocycles. The Balaban J connectivity index is 1.99. The Kier molecular flexibility index (Phi) is 51.1. The summed E-state index contributed by atoms with van der Waals surface area (Å²) in [5.41, 5.74) is 40.8. The minimum Gasteiger partial charge on any atom is -0.508 e. The third kappa shape index (κ3) is 44.8. The van der Waals surface area contributed by atoms with Crippen LogP contribution in [0.2, 0.25) is 0 Å². The summed E-state index contributed by atoms with van der Waals surface area (Å²) in [5.74, 6) is -14.2. The van der Waals surface area contributed by atoms with Crippen LogP contribution in [0.4, 0.5) is 0 Å². The lowest BCUT2D eigenvalue weighted by Crippen LogP contribution is -2.61. The third-order valence-corrected chi connectivity index (χ3v) is 20.5. The van der Waals surface area contributed by atoms with Crippen molar-refractivity contribution in [1.82, 2.24) is 101 Å². The predicted molar refractivity (Wildman–Crippen MR) is 481 cm³/mol. The van der Waals surface area contributed by atoms with Crippen LogP contribution in [0, 0.1) is 44.8 Å². The van der Waals surface area contributed by atoms with E-state index in [2.05, 4.69) is 95.7 Å². The van der Waals surface area contributed by atoms with Gasteiger partial charge in [0.1, 0.15) is 66.2 Å². The molecular weight excluding hydrogens is 1660 g/mol. The van der Waals surface area contributed by atoms with Crippen molar-refractivity contribution in [3.8, 4) is 5.75 Å². The van der Waals surface area contributed by atoms with Gasteiger partial charge in [-0.05, 0) is 157 Å². The van der Waals surface area contributed by atoms with Crippen molar-refractivity contribution >= 4 is 112 Å². The molecule has 46 nitrogen and oxygen atoms in total. The molecule has 128 heavy (non-hydrogen) atoms. The normalized spacial score (nSPS) is 14.7. The predicted octanol–water partition coefficient (Wildman–Crippen LogP) is -6.09. The fourth-order valence-corrected chi connectivity index (χ4v) is 13.6. The van der Waals surface area contributed by atoms with E-state index in [9.17, 15) is 57.8 Å². The average Bonchev–Trinajstić information content (AvgIpc) is 1.67. The van der Waals surface area contributed by atoms with Gasteiger partial charge in [0, 0.05) is 52.2 Å². The third-order valence-electron chi connectivity index (χ3n) is 20.5. The van der Waals surface area contributed by atoms with E-state index in [0.717, 1.165) is 12.8 Å². The van der Waals surface area contributed by atoms with Crippen LogP contribution in [0.1, 0.15) is 168 Å². The molecule has 38 N–H and O–H groups in total. The molecule has 2 aromatic rings. The van der Waals surface area contributed by atoms with Gasteiger partial charge in [-0.15, -0.1) is 0 Å². The molecule has 714 valence electrons. The highest BCUT2D eigenvalue weighted by molar-refractivity contribution is 6.00. The molecule has 2 aromatic carbocycles. The maximum Gasteiger partial charge on any atom is 0.245 e. The van der Waals surface area contributed by atoms with Gasteiger partial charge in [0.05, 0.1) is 25.7 Å². The van der Waals surface area contributed by atoms with Crippen LogP contribution in [0.3, 0.4) is 0 Å². The lowest BCUT2D eigenvalue weighted by Gasteiger charge is -2.32. The number of unbranched alkanes of at least 4 members (excludes halogenated alkanes) is 2. The van der Waals surface area contributed by atoms with Crippen molar-refractivity contribution in [2.24, 2.45) is 57.9 Å². The Labute approximate surface area is 747 Å². The molecule has 1 saturated heterocycles. The first-order valence-corrected chi connectivity index (χ1v) is 43.5. The smallest absolute Gasteiger partial charge is 0.245 e. The van der Waals surface area contributed by atoms with Crippen LogP contribution >= 0.6 is 0 Å². The van der Waals surface area contributed by atoms with Crippen molar-refractivity contribution in [3.05, 3.63) is 65.7 Å². The Hall–Kier alpha value is -12.9. The van der Waals surface area contributed by atoms with E-state index in [0.29, 0.717) is 30.6 Å². The summed E-state index contributed by atoms with van der Waals surface area (Å²) in [6.07, 6.45) is 2.76. The van der Waals surface area contributed by atoms with Crippen molar-refractivity contribution in [3.63, 3.8) is 0 Å². The zero-order valence-corrected chi connectivity index (χ0v) is 74.4. The Morgan fingerprint density at radius 2 is 0.781 bits per heavy atom. The van der Waals surface area contributed by atoms with Gasteiger partial charge in [-0.25, -0.2) is 0 Å². The molecule has 0 radical (unpaired) electrons. The molecule has 0 aliphatic carbocycles. The van der Waals surface area contributed by atoms with Gasteiger partial charge in [0.2, 0.25) is 82.7 Å². The van der Waals surface area contributed by atoms with Crippen LogP contribution in [-0.2, 0) is 80.0 Å². The number of nitrogens with two attached hydrogens (primary N) is 7. The number of carbonyl (C=O) groups excluding carboxylic acids is 14. The fraction of sp³-hybridized carbons (Fsp3) is 0.622. The highest BCUT2D eigenvalue weighted by atomic mass is 16.3. The van der Waals surface area contributed by atoms with E-state index >= 15 is 14.4 Å². The van der Waals surface area contributed by atoms with E-state index in [1.54, 1.807) is 84.0 Å². The van der Waals surface area contributed by atoms with E-state index < -0.39 is 193 Å². The van der Waals surface area contributed by atoms with Gasteiger partial charge >= 0.3 is 0 Å². The minimum atomic E-state index is -1.52. The van der Waals surface area contributed by atoms with E-state index in [1.165, 1.54) is 17.0 Å². The first-order chi connectivity index (χ1) is 60.7. The van der Waals surface area contributed by atoms with Gasteiger partial charge < -0.3 is 146 Å². The summed E-state index contributed by atoms with van der Waals surface area (Å²) in [7, 11) is 0. The molecule has 0 saturated carbocycles. The molecule has 0 bridgehead atoms. The lowest BCUT2D eigenvalue weighted by atomic mass is 9.96. The number of guanidine groups is 5. The maximum atomic E-state index is 15.3. The largest absolute Gasteiger partial charge is 0.508 e. The number of nitrogens with one attached hydrogen (secondary N) is 23. The van der Waals surface area contributed by atoms with Crippen molar-refractivity contribution in [2.75, 3.05) is 72.0 Å². The summed E-state index contributed by atoms with van der Waals surface area (Å²) >= 11 is 0. The number of hydrogen-bond donors (Lipinski definition) is 31. The zero-order chi connectivity index (χ0) is 95.4. The van der Waals surface area contributed by atoms with Gasteiger partial charge in [-0.2, -0.15) is 0 Å². The van der Waals surface area contributed by atoms with Crippen LogP contribution < -0.4 is 136 Å². The molecule has 0 unspecified atom stereocenters. The molecule has 1 heterocycles.